The molecule has 0 bridgehead atoms. The van der Waals surface area contributed by atoms with Crippen LogP contribution in [-0.4, -0.2) is 16.8 Å². The van der Waals surface area contributed by atoms with Crippen LogP contribution in [0.3, 0.4) is 0 Å². The summed E-state index contributed by atoms with van der Waals surface area (Å²) in [6.45, 7) is 0.777. The quantitative estimate of drug-likeness (QED) is 0.724. The molecule has 1 heterocycles. The molecule has 0 saturated heterocycles. The van der Waals surface area contributed by atoms with Gasteiger partial charge in [0.2, 0.25) is 0 Å². The Morgan fingerprint density at radius 3 is 2.64 bits per heavy atom. The minimum Gasteiger partial charge on any atom is -0.661 e. The first kappa shape index (κ1) is 8.97. The van der Waals surface area contributed by atoms with Crippen LogP contribution in [0, 0.1) is 0 Å². The first-order chi connectivity index (χ1) is 6.90. The van der Waals surface area contributed by atoms with Gasteiger partial charge in [0, 0.05) is 12.4 Å². The average molecular weight is 186 g/mol. The molecule has 72 valence electrons. The van der Waals surface area contributed by atoms with Crippen LogP contribution in [0.25, 0.3) is 11.0 Å². The molecule has 0 fully saturated rings. The Balaban J connectivity index is 2.22. The second-order valence-corrected chi connectivity index (χ2v) is 3.09. The second kappa shape index (κ2) is 4.07. The fourth-order valence-corrected chi connectivity index (χ4v) is 1.36. The Morgan fingerprint density at radius 2 is 2.07 bits per heavy atom. The number of nitrogens with zero attached hydrogens (tertiary/aromatic N) is 3. The highest BCUT2D eigenvalue weighted by molar-refractivity contribution is 5.34. The Hall–Kier alpha value is -1.61. The van der Waals surface area contributed by atoms with Crippen LogP contribution in [0.2, 0.25) is 0 Å². The molecule has 0 spiro atoms. The Kier molecular flexibility index (Phi) is 2.60. The maximum Gasteiger partial charge on any atom is 0.0645 e. The lowest BCUT2D eigenvalue weighted by atomic mass is 10.2. The lowest BCUT2D eigenvalue weighted by Gasteiger charge is -2.11. The fourth-order valence-electron chi connectivity index (χ4n) is 1.36. The highest BCUT2D eigenvalue weighted by atomic mass is 15.3. The molecule has 0 atom stereocenters. The number of hydrogen-bond acceptors (Lipinski definition) is 1. The van der Waals surface area contributed by atoms with E-state index in [4.69, 9.17) is 0 Å². The van der Waals surface area contributed by atoms with Gasteiger partial charge in [-0.2, -0.15) is 12.1 Å². The van der Waals surface area contributed by atoms with Crippen LogP contribution in [0.5, 0.6) is 0 Å². The van der Waals surface area contributed by atoms with E-state index < -0.39 is 0 Å². The Labute approximate surface area is 83.4 Å². The van der Waals surface area contributed by atoms with E-state index in [-0.39, 0.29) is 0 Å². The topological polar surface area (TPSA) is 31.9 Å². The normalized spacial score (nSPS) is 10.4. The maximum absolute atomic E-state index is 4.16. The van der Waals surface area contributed by atoms with Crippen LogP contribution < -0.4 is 0 Å². The summed E-state index contributed by atoms with van der Waals surface area (Å²) in [4.78, 5) is 0. The Bertz CT molecular complexity index is 375. The second-order valence-electron chi connectivity index (χ2n) is 3.09. The molecule has 14 heavy (non-hydrogen) atoms. The first-order valence-corrected chi connectivity index (χ1v) is 4.55. The molecule has 0 unspecified atom stereocenters. The van der Waals surface area contributed by atoms with Crippen molar-refractivity contribution < 1.29 is 0 Å². The van der Waals surface area contributed by atoms with Gasteiger partial charge in [0.05, 0.1) is 5.69 Å². The van der Waals surface area contributed by atoms with Crippen molar-refractivity contribution in [2.75, 3.05) is 7.05 Å². The van der Waals surface area contributed by atoms with Crippen LogP contribution in [0.4, 0.5) is 0 Å². The molecule has 0 aliphatic rings. The van der Waals surface area contributed by atoms with Crippen molar-refractivity contribution in [1.82, 2.24) is 9.78 Å². The monoisotopic (exact) mass is 186 g/mol. The standard InChI is InChI=1S/C11H12N3/c1-12-9-10-3-5-11(6-4-10)14-8-2-7-13-14/h2-8H,9H2,1H3/q-1. The molecular formula is C11H12N3-. The fraction of sp³-hybridized carbons (Fsp3) is 0.182. The Morgan fingerprint density at radius 1 is 1.29 bits per heavy atom. The SMILES string of the molecule is C[N-]Cc1ccc(-n2cccn2)cc1. The zero-order chi connectivity index (χ0) is 9.80. The van der Waals surface area contributed by atoms with E-state index in [0.29, 0.717) is 0 Å². The molecule has 3 heteroatoms. The van der Waals surface area contributed by atoms with E-state index in [0.717, 1.165) is 12.2 Å². The van der Waals surface area contributed by atoms with E-state index in [9.17, 15) is 0 Å². The van der Waals surface area contributed by atoms with E-state index >= 15 is 0 Å². The molecule has 1 aromatic heterocycles. The summed E-state index contributed by atoms with van der Waals surface area (Å²) in [5, 5.41) is 8.23. The molecule has 0 amide bonds. The molecule has 0 aliphatic heterocycles. The van der Waals surface area contributed by atoms with E-state index in [2.05, 4.69) is 22.5 Å². The van der Waals surface area contributed by atoms with Crippen molar-refractivity contribution in [1.29, 1.82) is 0 Å². The maximum atomic E-state index is 4.16. The van der Waals surface area contributed by atoms with Gasteiger partial charge in [-0.3, -0.25) is 0 Å². The van der Waals surface area contributed by atoms with Gasteiger partial charge in [-0.05, 0) is 18.2 Å². The predicted octanol–water partition coefficient (Wildman–Crippen LogP) is 2.38. The minimum atomic E-state index is 0.777. The van der Waals surface area contributed by atoms with Crippen molar-refractivity contribution in [2.24, 2.45) is 0 Å². The average Bonchev–Trinajstić information content (AvgIpc) is 2.72. The lowest BCUT2D eigenvalue weighted by Crippen LogP contribution is -1.94. The lowest BCUT2D eigenvalue weighted by molar-refractivity contribution is 0.879. The summed E-state index contributed by atoms with van der Waals surface area (Å²) in [6.07, 6.45) is 3.70. The number of rotatable bonds is 3. The van der Waals surface area contributed by atoms with Crippen molar-refractivity contribution in [2.45, 2.75) is 6.54 Å². The zero-order valence-electron chi connectivity index (χ0n) is 8.09. The van der Waals surface area contributed by atoms with Crippen LogP contribution >= 0.6 is 0 Å². The largest absolute Gasteiger partial charge is 0.661 e. The van der Waals surface area contributed by atoms with E-state index in [1.54, 1.807) is 6.20 Å². The van der Waals surface area contributed by atoms with Gasteiger partial charge < -0.3 is 5.32 Å². The third kappa shape index (κ3) is 1.83. The molecular weight excluding hydrogens is 174 g/mol. The first-order valence-electron chi connectivity index (χ1n) is 4.55. The summed E-state index contributed by atoms with van der Waals surface area (Å²) < 4.78 is 1.84. The highest BCUT2D eigenvalue weighted by Gasteiger charge is 1.93. The van der Waals surface area contributed by atoms with Gasteiger partial charge in [0.15, 0.2) is 0 Å². The predicted molar refractivity (Wildman–Crippen MR) is 56.6 cm³/mol. The molecule has 3 nitrogen and oxygen atoms in total. The molecule has 0 aliphatic carbocycles. The van der Waals surface area contributed by atoms with Gasteiger partial charge in [0.1, 0.15) is 0 Å². The molecule has 0 N–H and O–H groups in total. The number of aromatic nitrogens is 2. The molecule has 2 aromatic rings. The molecule has 2 rings (SSSR count). The van der Waals surface area contributed by atoms with Crippen molar-refractivity contribution >= 4 is 0 Å². The summed E-state index contributed by atoms with van der Waals surface area (Å²) in [7, 11) is 1.82. The van der Waals surface area contributed by atoms with Crippen molar-refractivity contribution in [3.63, 3.8) is 0 Å². The van der Waals surface area contributed by atoms with Gasteiger partial charge >= 0.3 is 0 Å². The van der Waals surface area contributed by atoms with Crippen molar-refractivity contribution in [3.8, 4) is 5.69 Å². The number of benzene rings is 1. The smallest absolute Gasteiger partial charge is 0.0645 e. The van der Waals surface area contributed by atoms with E-state index in [1.165, 1.54) is 5.56 Å². The third-order valence-corrected chi connectivity index (χ3v) is 2.05. The summed E-state index contributed by atoms with van der Waals surface area (Å²) in [5.41, 5.74) is 2.30. The third-order valence-electron chi connectivity index (χ3n) is 2.05. The van der Waals surface area contributed by atoms with Gasteiger partial charge in [0.25, 0.3) is 0 Å². The van der Waals surface area contributed by atoms with Crippen molar-refractivity contribution in [3.05, 3.63) is 53.6 Å². The number of hydrogen-bond donors (Lipinski definition) is 0. The van der Waals surface area contributed by atoms with Gasteiger partial charge in [-0.1, -0.05) is 17.7 Å². The van der Waals surface area contributed by atoms with E-state index in [1.807, 2.05) is 36.1 Å². The van der Waals surface area contributed by atoms with Gasteiger partial charge in [-0.25, -0.2) is 4.68 Å². The minimum absolute atomic E-state index is 0.777. The molecule has 0 saturated carbocycles. The highest BCUT2D eigenvalue weighted by Crippen LogP contribution is 2.09. The summed E-state index contributed by atoms with van der Waals surface area (Å²) in [5.74, 6) is 0. The summed E-state index contributed by atoms with van der Waals surface area (Å²) in [6, 6.07) is 10.2. The molecule has 0 radical (unpaired) electrons. The molecule has 1 aromatic carbocycles. The van der Waals surface area contributed by atoms with Crippen LogP contribution in [-0.2, 0) is 6.54 Å². The summed E-state index contributed by atoms with van der Waals surface area (Å²) >= 11 is 0. The van der Waals surface area contributed by atoms with Crippen LogP contribution in [0.1, 0.15) is 5.56 Å². The van der Waals surface area contributed by atoms with Crippen LogP contribution in [0.15, 0.2) is 42.7 Å². The van der Waals surface area contributed by atoms with Gasteiger partial charge in [-0.15, -0.1) is 6.54 Å². The zero-order valence-corrected chi connectivity index (χ0v) is 8.09.